The van der Waals surface area contributed by atoms with Crippen molar-refractivity contribution in [2.45, 2.75) is 6.92 Å². The molecule has 0 atom stereocenters. The second kappa shape index (κ2) is 6.08. The second-order valence-electron chi connectivity index (χ2n) is 5.73. The van der Waals surface area contributed by atoms with Crippen LogP contribution in [0.4, 0.5) is 11.4 Å². The summed E-state index contributed by atoms with van der Waals surface area (Å²) in [6, 6.07) is 17.3. The summed E-state index contributed by atoms with van der Waals surface area (Å²) in [5.41, 5.74) is 4.15. The van der Waals surface area contributed by atoms with Crippen molar-refractivity contribution in [3.05, 3.63) is 65.9 Å². The third kappa shape index (κ3) is 3.16. The first kappa shape index (κ1) is 15.0. The number of amides is 1. The number of anilines is 2. The predicted molar refractivity (Wildman–Crippen MR) is 95.2 cm³/mol. The molecule has 0 radical (unpaired) electrons. The van der Waals surface area contributed by atoms with Gasteiger partial charge in [0.05, 0.1) is 11.2 Å². The Morgan fingerprint density at radius 2 is 1.74 bits per heavy atom. The Bertz CT molecular complexity index is 854. The summed E-state index contributed by atoms with van der Waals surface area (Å²) in [7, 11) is 3.94. The van der Waals surface area contributed by atoms with Gasteiger partial charge in [-0.1, -0.05) is 18.2 Å². The highest BCUT2D eigenvalue weighted by atomic mass is 16.1. The molecule has 0 bridgehead atoms. The molecule has 4 heteroatoms. The largest absolute Gasteiger partial charge is 0.378 e. The number of pyridine rings is 1. The summed E-state index contributed by atoms with van der Waals surface area (Å²) in [5.74, 6) is -0.133. The third-order valence-electron chi connectivity index (χ3n) is 3.75. The monoisotopic (exact) mass is 305 g/mol. The molecule has 3 rings (SSSR count). The van der Waals surface area contributed by atoms with Crippen molar-refractivity contribution < 1.29 is 4.79 Å². The molecule has 0 unspecified atom stereocenters. The number of benzene rings is 2. The van der Waals surface area contributed by atoms with E-state index in [0.29, 0.717) is 5.56 Å². The highest BCUT2D eigenvalue weighted by Crippen LogP contribution is 2.22. The standard InChI is InChI=1S/C19H19N3O/c1-13-7-8-14-5-4-6-17(18(14)20-13)21-19(23)15-9-11-16(12-10-15)22(2)3/h4-12H,1-3H3,(H,21,23). The van der Waals surface area contributed by atoms with E-state index in [2.05, 4.69) is 10.3 Å². The topological polar surface area (TPSA) is 45.2 Å². The SMILES string of the molecule is Cc1ccc2cccc(NC(=O)c3ccc(N(C)C)cc3)c2n1. The number of hydrogen-bond acceptors (Lipinski definition) is 3. The van der Waals surface area contributed by atoms with Gasteiger partial charge in [0.25, 0.3) is 5.91 Å². The first-order valence-electron chi connectivity index (χ1n) is 7.50. The van der Waals surface area contributed by atoms with Gasteiger partial charge in [-0.2, -0.15) is 0 Å². The Morgan fingerprint density at radius 1 is 1.00 bits per heavy atom. The van der Waals surface area contributed by atoms with E-state index < -0.39 is 0 Å². The second-order valence-corrected chi connectivity index (χ2v) is 5.73. The number of fused-ring (bicyclic) bond motifs is 1. The molecule has 0 aliphatic carbocycles. The van der Waals surface area contributed by atoms with Gasteiger partial charge in [0, 0.05) is 36.4 Å². The van der Waals surface area contributed by atoms with Crippen molar-refractivity contribution in [1.82, 2.24) is 4.98 Å². The minimum absolute atomic E-state index is 0.133. The average molecular weight is 305 g/mol. The number of hydrogen-bond donors (Lipinski definition) is 1. The molecule has 0 aliphatic heterocycles. The van der Waals surface area contributed by atoms with Crippen molar-refractivity contribution in [3.8, 4) is 0 Å². The van der Waals surface area contributed by atoms with Crippen molar-refractivity contribution in [3.63, 3.8) is 0 Å². The maximum Gasteiger partial charge on any atom is 0.255 e. The zero-order chi connectivity index (χ0) is 16.4. The summed E-state index contributed by atoms with van der Waals surface area (Å²) in [4.78, 5) is 19.0. The van der Waals surface area contributed by atoms with Crippen LogP contribution in [0.3, 0.4) is 0 Å². The highest BCUT2D eigenvalue weighted by molar-refractivity contribution is 6.08. The van der Waals surface area contributed by atoms with E-state index in [4.69, 9.17) is 0 Å². The van der Waals surface area contributed by atoms with E-state index in [-0.39, 0.29) is 5.91 Å². The van der Waals surface area contributed by atoms with Crippen LogP contribution in [-0.4, -0.2) is 25.0 Å². The molecular weight excluding hydrogens is 286 g/mol. The Hall–Kier alpha value is -2.88. The van der Waals surface area contributed by atoms with E-state index in [0.717, 1.165) is 28.0 Å². The predicted octanol–water partition coefficient (Wildman–Crippen LogP) is 3.86. The molecule has 116 valence electrons. The van der Waals surface area contributed by atoms with Crippen LogP contribution in [-0.2, 0) is 0 Å². The lowest BCUT2D eigenvalue weighted by atomic mass is 10.1. The Morgan fingerprint density at radius 3 is 2.43 bits per heavy atom. The zero-order valence-corrected chi connectivity index (χ0v) is 13.5. The van der Waals surface area contributed by atoms with Gasteiger partial charge in [-0.25, -0.2) is 0 Å². The average Bonchev–Trinajstić information content (AvgIpc) is 2.55. The molecule has 1 N–H and O–H groups in total. The molecule has 3 aromatic rings. The highest BCUT2D eigenvalue weighted by Gasteiger charge is 2.09. The first-order chi connectivity index (χ1) is 11.0. The molecule has 1 aromatic heterocycles. The minimum Gasteiger partial charge on any atom is -0.378 e. The molecule has 4 nitrogen and oxygen atoms in total. The fourth-order valence-electron chi connectivity index (χ4n) is 2.45. The Balaban J connectivity index is 1.89. The number of nitrogens with zero attached hydrogens (tertiary/aromatic N) is 2. The minimum atomic E-state index is -0.133. The van der Waals surface area contributed by atoms with Gasteiger partial charge in [0.15, 0.2) is 0 Å². The van der Waals surface area contributed by atoms with Crippen molar-refractivity contribution in [1.29, 1.82) is 0 Å². The van der Waals surface area contributed by atoms with Crippen molar-refractivity contribution >= 4 is 28.2 Å². The summed E-state index contributed by atoms with van der Waals surface area (Å²) in [5, 5.41) is 3.97. The van der Waals surface area contributed by atoms with Crippen LogP contribution < -0.4 is 10.2 Å². The lowest BCUT2D eigenvalue weighted by Crippen LogP contribution is -2.13. The van der Waals surface area contributed by atoms with Crippen LogP contribution in [0.15, 0.2) is 54.6 Å². The number of rotatable bonds is 3. The summed E-state index contributed by atoms with van der Waals surface area (Å²) >= 11 is 0. The maximum absolute atomic E-state index is 12.5. The zero-order valence-electron chi connectivity index (χ0n) is 13.5. The molecule has 1 heterocycles. The summed E-state index contributed by atoms with van der Waals surface area (Å²) in [6.07, 6.45) is 0. The molecule has 0 spiro atoms. The molecule has 0 saturated heterocycles. The van der Waals surface area contributed by atoms with Gasteiger partial charge in [0.1, 0.15) is 0 Å². The smallest absolute Gasteiger partial charge is 0.255 e. The molecular formula is C19H19N3O. The van der Waals surface area contributed by atoms with Gasteiger partial charge in [0.2, 0.25) is 0 Å². The molecule has 0 saturated carbocycles. The first-order valence-corrected chi connectivity index (χ1v) is 7.50. The summed E-state index contributed by atoms with van der Waals surface area (Å²) in [6.45, 7) is 1.94. The van der Waals surface area contributed by atoms with Gasteiger partial charge in [-0.3, -0.25) is 9.78 Å². The van der Waals surface area contributed by atoms with E-state index >= 15 is 0 Å². The van der Waals surface area contributed by atoms with Crippen molar-refractivity contribution in [2.75, 3.05) is 24.3 Å². The van der Waals surface area contributed by atoms with Crippen molar-refractivity contribution in [2.24, 2.45) is 0 Å². The number of aromatic nitrogens is 1. The fraction of sp³-hybridized carbons (Fsp3) is 0.158. The van der Waals surface area contributed by atoms with Gasteiger partial charge < -0.3 is 10.2 Å². The molecule has 1 amide bonds. The lowest BCUT2D eigenvalue weighted by Gasteiger charge is -2.13. The van der Waals surface area contributed by atoms with Crippen LogP contribution in [0.25, 0.3) is 10.9 Å². The van der Waals surface area contributed by atoms with E-state index in [1.807, 2.05) is 80.5 Å². The number of carbonyl (C=O) groups excluding carboxylic acids is 1. The number of carbonyl (C=O) groups is 1. The van der Waals surface area contributed by atoms with E-state index in [1.54, 1.807) is 0 Å². The quantitative estimate of drug-likeness (QED) is 0.799. The van der Waals surface area contributed by atoms with E-state index in [1.165, 1.54) is 0 Å². The number of nitrogens with one attached hydrogen (secondary N) is 1. The van der Waals surface area contributed by atoms with Crippen LogP contribution in [0.5, 0.6) is 0 Å². The normalized spacial score (nSPS) is 10.6. The van der Waals surface area contributed by atoms with E-state index in [9.17, 15) is 4.79 Å². The third-order valence-corrected chi connectivity index (χ3v) is 3.75. The van der Waals surface area contributed by atoms with Crippen LogP contribution >= 0.6 is 0 Å². The molecule has 2 aromatic carbocycles. The number of para-hydroxylation sites is 1. The maximum atomic E-state index is 12.5. The van der Waals surface area contributed by atoms with Gasteiger partial charge >= 0.3 is 0 Å². The lowest BCUT2D eigenvalue weighted by molar-refractivity contribution is 0.102. The molecule has 23 heavy (non-hydrogen) atoms. The Kier molecular flexibility index (Phi) is 3.98. The number of aryl methyl sites for hydroxylation is 1. The molecule has 0 fully saturated rings. The fourth-order valence-corrected chi connectivity index (χ4v) is 2.45. The van der Waals surface area contributed by atoms with Crippen LogP contribution in [0, 0.1) is 6.92 Å². The van der Waals surface area contributed by atoms with Crippen LogP contribution in [0.1, 0.15) is 16.1 Å². The van der Waals surface area contributed by atoms with Gasteiger partial charge in [-0.05, 0) is 43.3 Å². The van der Waals surface area contributed by atoms with Crippen LogP contribution in [0.2, 0.25) is 0 Å². The Labute approximate surface area is 135 Å². The molecule has 0 aliphatic rings. The summed E-state index contributed by atoms with van der Waals surface area (Å²) < 4.78 is 0. The van der Waals surface area contributed by atoms with Gasteiger partial charge in [-0.15, -0.1) is 0 Å².